The quantitative estimate of drug-likeness (QED) is 0.234. The van der Waals surface area contributed by atoms with Gasteiger partial charge in [-0.15, -0.1) is 0 Å². The Hall–Kier alpha value is -4.38. The lowest BCUT2D eigenvalue weighted by Gasteiger charge is -2.26. The highest BCUT2D eigenvalue weighted by atomic mass is 16.5. The highest BCUT2D eigenvalue weighted by Gasteiger charge is 2.44. The number of hydrogen-bond acceptors (Lipinski definition) is 4. The molecule has 0 aliphatic carbocycles. The van der Waals surface area contributed by atoms with Crippen LogP contribution < -0.4 is 9.64 Å². The Morgan fingerprint density at radius 3 is 2.39 bits per heavy atom. The number of aryl methyl sites for hydroxylation is 1. The number of Topliss-reactive ketones (excluding diaryl/α,β-unsaturated/α-hetero) is 1. The molecule has 210 valence electrons. The van der Waals surface area contributed by atoms with Crippen molar-refractivity contribution in [2.45, 2.75) is 52.4 Å². The Balaban J connectivity index is 1.44. The molecule has 0 saturated carbocycles. The average molecular weight is 548 g/mol. The van der Waals surface area contributed by atoms with E-state index in [1.165, 1.54) is 16.7 Å². The predicted molar refractivity (Wildman–Crippen MR) is 167 cm³/mol. The molecule has 0 saturated heterocycles. The second-order valence-corrected chi connectivity index (χ2v) is 12.0. The average Bonchev–Trinajstić information content (AvgIpc) is 3.26. The summed E-state index contributed by atoms with van der Waals surface area (Å²) >= 11 is 0. The summed E-state index contributed by atoms with van der Waals surface area (Å²) in [5.74, 6) is 1.05. The fourth-order valence-electron chi connectivity index (χ4n) is 6.00. The SMILES string of the molecule is CC(=O)CN1C(=CC=CC=CC2=[N+](COc3ccc(O)cc3)c3ccccc3C2(C)C)C(C)(C)c2cc(C)ccc21. The van der Waals surface area contributed by atoms with Crippen LogP contribution in [0.25, 0.3) is 0 Å². The fraction of sp³-hybridized carbons (Fsp3) is 0.278. The molecular formula is C36H39N2O3+. The molecule has 5 nitrogen and oxygen atoms in total. The second kappa shape index (κ2) is 10.9. The minimum absolute atomic E-state index is 0.137. The summed E-state index contributed by atoms with van der Waals surface area (Å²) in [6.07, 6.45) is 10.5. The molecule has 0 radical (unpaired) electrons. The normalized spacial score (nSPS) is 18.0. The summed E-state index contributed by atoms with van der Waals surface area (Å²) in [5, 5.41) is 9.62. The molecule has 5 rings (SSSR count). The van der Waals surface area contributed by atoms with Gasteiger partial charge in [-0.3, -0.25) is 4.79 Å². The summed E-state index contributed by atoms with van der Waals surface area (Å²) in [7, 11) is 0. The number of nitrogens with zero attached hydrogens (tertiary/aromatic N) is 2. The van der Waals surface area contributed by atoms with Crippen molar-refractivity contribution in [3.8, 4) is 11.5 Å². The molecule has 2 aliphatic rings. The maximum absolute atomic E-state index is 12.2. The first-order valence-electron chi connectivity index (χ1n) is 14.1. The van der Waals surface area contributed by atoms with Crippen LogP contribution in [0.5, 0.6) is 11.5 Å². The Morgan fingerprint density at radius 2 is 1.66 bits per heavy atom. The van der Waals surface area contributed by atoms with E-state index >= 15 is 0 Å². The summed E-state index contributed by atoms with van der Waals surface area (Å²) in [5.41, 5.74) is 7.79. The lowest BCUT2D eigenvalue weighted by Crippen LogP contribution is -2.29. The largest absolute Gasteiger partial charge is 0.508 e. The van der Waals surface area contributed by atoms with Gasteiger partial charge in [-0.25, -0.2) is 0 Å². The molecule has 1 N–H and O–H groups in total. The van der Waals surface area contributed by atoms with Crippen molar-refractivity contribution in [3.05, 3.63) is 119 Å². The fourth-order valence-corrected chi connectivity index (χ4v) is 6.00. The van der Waals surface area contributed by atoms with Gasteiger partial charge in [0.2, 0.25) is 5.69 Å². The number of para-hydroxylation sites is 1. The van der Waals surface area contributed by atoms with E-state index in [9.17, 15) is 9.90 Å². The van der Waals surface area contributed by atoms with E-state index in [1.807, 2.05) is 6.08 Å². The van der Waals surface area contributed by atoms with Crippen LogP contribution >= 0.6 is 0 Å². The van der Waals surface area contributed by atoms with Gasteiger partial charge in [0.1, 0.15) is 17.3 Å². The third-order valence-electron chi connectivity index (χ3n) is 8.15. The van der Waals surface area contributed by atoms with Gasteiger partial charge in [0.25, 0.3) is 6.73 Å². The molecule has 0 amide bonds. The number of phenols is 1. The monoisotopic (exact) mass is 547 g/mol. The van der Waals surface area contributed by atoms with Crippen LogP contribution in [0.3, 0.4) is 0 Å². The van der Waals surface area contributed by atoms with E-state index in [2.05, 4.69) is 111 Å². The summed E-state index contributed by atoms with van der Waals surface area (Å²) in [6, 6.07) is 21.7. The molecule has 3 aromatic carbocycles. The maximum Gasteiger partial charge on any atom is 0.292 e. The first kappa shape index (κ1) is 28.2. The Bertz CT molecular complexity index is 1600. The van der Waals surface area contributed by atoms with Crippen molar-refractivity contribution >= 4 is 22.9 Å². The molecule has 2 heterocycles. The van der Waals surface area contributed by atoms with Gasteiger partial charge in [0.15, 0.2) is 5.71 Å². The van der Waals surface area contributed by atoms with E-state index in [4.69, 9.17) is 4.74 Å². The third kappa shape index (κ3) is 5.37. The van der Waals surface area contributed by atoms with E-state index in [0.29, 0.717) is 19.0 Å². The zero-order valence-corrected chi connectivity index (χ0v) is 24.8. The lowest BCUT2D eigenvalue weighted by atomic mass is 9.81. The van der Waals surface area contributed by atoms with Crippen molar-refractivity contribution in [3.63, 3.8) is 0 Å². The summed E-state index contributed by atoms with van der Waals surface area (Å²) in [4.78, 5) is 14.3. The van der Waals surface area contributed by atoms with Gasteiger partial charge >= 0.3 is 0 Å². The highest BCUT2D eigenvalue weighted by Crippen LogP contribution is 2.48. The van der Waals surface area contributed by atoms with Crippen LogP contribution in [0.2, 0.25) is 0 Å². The summed E-state index contributed by atoms with van der Waals surface area (Å²) in [6.45, 7) is 13.4. The number of ether oxygens (including phenoxy) is 1. The molecule has 0 atom stereocenters. The standard InChI is InChI=1S/C36H38N2O3/c1-25-16-21-32-30(22-25)36(5,6)33(37(32)23-26(2)39)14-8-7-9-15-34-35(3,4)29-12-10-11-13-31(29)38(34)24-41-28-19-17-27(40)18-20-28/h7-22H,23-24H2,1-6H3/p+1. The number of benzene rings is 3. The molecule has 0 bridgehead atoms. The summed E-state index contributed by atoms with van der Waals surface area (Å²) < 4.78 is 8.33. The molecular weight excluding hydrogens is 508 g/mol. The van der Waals surface area contributed by atoms with Gasteiger partial charge in [-0.05, 0) is 69.7 Å². The van der Waals surface area contributed by atoms with Crippen molar-refractivity contribution in [1.29, 1.82) is 0 Å². The van der Waals surface area contributed by atoms with Crippen LogP contribution in [-0.2, 0) is 15.6 Å². The smallest absolute Gasteiger partial charge is 0.292 e. The van der Waals surface area contributed by atoms with E-state index in [0.717, 1.165) is 22.8 Å². The van der Waals surface area contributed by atoms with Gasteiger partial charge in [-0.2, -0.15) is 4.58 Å². The lowest BCUT2D eigenvalue weighted by molar-refractivity contribution is -0.475. The molecule has 0 fully saturated rings. The first-order chi connectivity index (χ1) is 19.5. The van der Waals surface area contributed by atoms with Crippen molar-refractivity contribution in [2.24, 2.45) is 0 Å². The second-order valence-electron chi connectivity index (χ2n) is 12.0. The van der Waals surface area contributed by atoms with Crippen molar-refractivity contribution in [2.75, 3.05) is 18.2 Å². The molecule has 41 heavy (non-hydrogen) atoms. The molecule has 0 spiro atoms. The number of phenolic OH excluding ortho intramolecular Hbond substituents is 1. The highest BCUT2D eigenvalue weighted by molar-refractivity contribution is 6.03. The third-order valence-corrected chi connectivity index (χ3v) is 8.15. The minimum Gasteiger partial charge on any atom is -0.508 e. The van der Waals surface area contributed by atoms with Crippen LogP contribution in [0.1, 0.15) is 51.3 Å². The van der Waals surface area contributed by atoms with Gasteiger partial charge in [-0.1, -0.05) is 68.0 Å². The first-order valence-corrected chi connectivity index (χ1v) is 14.1. The van der Waals surface area contributed by atoms with Gasteiger partial charge < -0.3 is 14.7 Å². The molecule has 5 heteroatoms. The Kier molecular flexibility index (Phi) is 7.48. The van der Waals surface area contributed by atoms with E-state index in [-0.39, 0.29) is 22.4 Å². The number of allylic oxidation sites excluding steroid dienone is 6. The zero-order chi connectivity index (χ0) is 29.4. The Morgan fingerprint density at radius 1 is 0.927 bits per heavy atom. The van der Waals surface area contributed by atoms with E-state index < -0.39 is 0 Å². The number of rotatable bonds is 8. The topological polar surface area (TPSA) is 52.8 Å². The minimum atomic E-state index is -0.211. The van der Waals surface area contributed by atoms with Crippen molar-refractivity contribution < 1.29 is 19.2 Å². The van der Waals surface area contributed by atoms with Gasteiger partial charge in [0.05, 0.1) is 12.0 Å². The zero-order valence-electron chi connectivity index (χ0n) is 24.8. The molecule has 0 aromatic heterocycles. The van der Waals surface area contributed by atoms with Gasteiger partial charge in [0, 0.05) is 34.5 Å². The maximum atomic E-state index is 12.2. The number of anilines is 1. The van der Waals surface area contributed by atoms with Crippen LogP contribution in [0.4, 0.5) is 11.4 Å². The number of ketones is 1. The molecule has 2 aliphatic heterocycles. The number of aromatic hydroxyl groups is 1. The number of carbonyl (C=O) groups excluding carboxylic acids is 1. The van der Waals surface area contributed by atoms with E-state index in [1.54, 1.807) is 31.2 Å². The Labute approximate surface area is 243 Å². The number of hydrogen-bond donors (Lipinski definition) is 1. The molecule has 3 aromatic rings. The predicted octanol–water partition coefficient (Wildman–Crippen LogP) is 7.50. The van der Waals surface area contributed by atoms with Crippen LogP contribution in [0.15, 0.2) is 103 Å². The number of carbonyl (C=O) groups is 1. The molecule has 0 unspecified atom stereocenters. The van der Waals surface area contributed by atoms with Crippen LogP contribution in [-0.4, -0.2) is 34.5 Å². The number of fused-ring (bicyclic) bond motifs is 2. The van der Waals surface area contributed by atoms with Crippen LogP contribution in [0, 0.1) is 6.92 Å². The van der Waals surface area contributed by atoms with Crippen molar-refractivity contribution in [1.82, 2.24) is 0 Å².